The molecule has 0 saturated carbocycles. The normalized spacial score (nSPS) is 16.7. The Morgan fingerprint density at radius 1 is 1.35 bits per heavy atom. The van der Waals surface area contributed by atoms with Crippen LogP contribution < -0.4 is 5.32 Å². The molecular weight excluding hydrogens is 242 g/mol. The number of amides is 1. The van der Waals surface area contributed by atoms with Crippen LogP contribution in [0.5, 0.6) is 0 Å². The summed E-state index contributed by atoms with van der Waals surface area (Å²) in [4.78, 5) is 22.8. The van der Waals surface area contributed by atoms with E-state index >= 15 is 0 Å². The van der Waals surface area contributed by atoms with Gasteiger partial charge in [0.1, 0.15) is 4.88 Å². The lowest BCUT2D eigenvalue weighted by Gasteiger charge is -2.20. The van der Waals surface area contributed by atoms with Gasteiger partial charge in [-0.3, -0.25) is 4.79 Å². The molecule has 1 aromatic heterocycles. The van der Waals surface area contributed by atoms with Gasteiger partial charge in [0.2, 0.25) is 5.91 Å². The van der Waals surface area contributed by atoms with Crippen molar-refractivity contribution in [3.8, 4) is 0 Å². The third kappa shape index (κ3) is 3.04. The summed E-state index contributed by atoms with van der Waals surface area (Å²) in [6, 6.07) is 3.11. The lowest BCUT2D eigenvalue weighted by molar-refractivity contribution is -0.122. The van der Waals surface area contributed by atoms with E-state index in [1.807, 2.05) is 0 Å². The van der Waals surface area contributed by atoms with E-state index in [1.54, 1.807) is 6.07 Å². The SMILES string of the molecule is O=C(O)c1ccc(NC(=O)C2CCOCC2)s1. The van der Waals surface area contributed by atoms with Gasteiger partial charge in [0.25, 0.3) is 0 Å². The Hall–Kier alpha value is -1.40. The molecule has 1 saturated heterocycles. The van der Waals surface area contributed by atoms with Gasteiger partial charge in [-0.05, 0) is 25.0 Å². The van der Waals surface area contributed by atoms with E-state index in [2.05, 4.69) is 5.32 Å². The van der Waals surface area contributed by atoms with Crippen molar-refractivity contribution < 1.29 is 19.4 Å². The maximum absolute atomic E-state index is 11.8. The van der Waals surface area contributed by atoms with Gasteiger partial charge in [-0.15, -0.1) is 11.3 Å². The molecule has 5 nitrogen and oxygen atoms in total. The third-order valence-electron chi connectivity index (χ3n) is 2.66. The van der Waals surface area contributed by atoms with Gasteiger partial charge in [0.15, 0.2) is 0 Å². The summed E-state index contributed by atoms with van der Waals surface area (Å²) in [5, 5.41) is 12.1. The summed E-state index contributed by atoms with van der Waals surface area (Å²) in [5.74, 6) is -1.05. The first-order valence-corrected chi connectivity index (χ1v) is 6.20. The molecule has 0 unspecified atom stereocenters. The fourth-order valence-corrected chi connectivity index (χ4v) is 2.45. The van der Waals surface area contributed by atoms with E-state index in [9.17, 15) is 9.59 Å². The molecule has 92 valence electrons. The average Bonchev–Trinajstić information content (AvgIpc) is 2.79. The average molecular weight is 255 g/mol. The minimum absolute atomic E-state index is 0.0286. The Morgan fingerprint density at radius 2 is 2.06 bits per heavy atom. The van der Waals surface area contributed by atoms with Crippen molar-refractivity contribution in [2.24, 2.45) is 5.92 Å². The number of aromatic carboxylic acids is 1. The Balaban J connectivity index is 1.94. The summed E-state index contributed by atoms with van der Waals surface area (Å²) in [6.07, 6.45) is 1.45. The highest BCUT2D eigenvalue weighted by Crippen LogP contribution is 2.24. The van der Waals surface area contributed by atoms with Gasteiger partial charge < -0.3 is 15.2 Å². The quantitative estimate of drug-likeness (QED) is 0.863. The van der Waals surface area contributed by atoms with E-state index < -0.39 is 5.97 Å². The van der Waals surface area contributed by atoms with Gasteiger partial charge >= 0.3 is 5.97 Å². The molecule has 0 atom stereocenters. The van der Waals surface area contributed by atoms with E-state index in [0.717, 1.165) is 24.2 Å². The maximum atomic E-state index is 11.8. The molecule has 1 aromatic rings. The summed E-state index contributed by atoms with van der Waals surface area (Å²) >= 11 is 1.07. The monoisotopic (exact) mass is 255 g/mol. The van der Waals surface area contributed by atoms with Crippen LogP contribution in [0.1, 0.15) is 22.5 Å². The van der Waals surface area contributed by atoms with Gasteiger partial charge in [-0.25, -0.2) is 4.79 Å². The van der Waals surface area contributed by atoms with Gasteiger partial charge in [0, 0.05) is 19.1 Å². The van der Waals surface area contributed by atoms with Crippen molar-refractivity contribution in [1.82, 2.24) is 0 Å². The molecule has 2 rings (SSSR count). The molecule has 0 radical (unpaired) electrons. The molecule has 0 aliphatic carbocycles. The molecule has 17 heavy (non-hydrogen) atoms. The predicted molar refractivity (Wildman–Crippen MR) is 63.5 cm³/mol. The van der Waals surface area contributed by atoms with Crippen molar-refractivity contribution >= 4 is 28.2 Å². The molecule has 0 aromatic carbocycles. The van der Waals surface area contributed by atoms with Crippen molar-refractivity contribution in [2.75, 3.05) is 18.5 Å². The summed E-state index contributed by atoms with van der Waals surface area (Å²) in [5.41, 5.74) is 0. The smallest absolute Gasteiger partial charge is 0.345 e. The zero-order chi connectivity index (χ0) is 12.3. The molecule has 0 bridgehead atoms. The van der Waals surface area contributed by atoms with E-state index in [4.69, 9.17) is 9.84 Å². The highest BCUT2D eigenvalue weighted by Gasteiger charge is 2.22. The Morgan fingerprint density at radius 3 is 2.65 bits per heavy atom. The summed E-state index contributed by atoms with van der Waals surface area (Å²) in [7, 11) is 0. The van der Waals surface area contributed by atoms with Crippen LogP contribution in [0, 0.1) is 5.92 Å². The number of carbonyl (C=O) groups excluding carboxylic acids is 1. The summed E-state index contributed by atoms with van der Waals surface area (Å²) < 4.78 is 5.18. The first-order valence-electron chi connectivity index (χ1n) is 5.38. The van der Waals surface area contributed by atoms with Crippen LogP contribution >= 0.6 is 11.3 Å². The molecule has 2 heterocycles. The molecule has 1 aliphatic rings. The fourth-order valence-electron chi connectivity index (χ4n) is 1.70. The van der Waals surface area contributed by atoms with Crippen LogP contribution in [0.2, 0.25) is 0 Å². The van der Waals surface area contributed by atoms with Crippen LogP contribution in [-0.2, 0) is 9.53 Å². The lowest BCUT2D eigenvalue weighted by atomic mass is 10.00. The molecule has 1 amide bonds. The van der Waals surface area contributed by atoms with Crippen molar-refractivity contribution in [1.29, 1.82) is 0 Å². The lowest BCUT2D eigenvalue weighted by Crippen LogP contribution is -2.28. The second-order valence-electron chi connectivity index (χ2n) is 3.84. The maximum Gasteiger partial charge on any atom is 0.345 e. The van der Waals surface area contributed by atoms with E-state index in [0.29, 0.717) is 18.2 Å². The number of carboxylic acids is 1. The second kappa shape index (κ2) is 5.29. The number of hydrogen-bond donors (Lipinski definition) is 2. The number of carboxylic acid groups (broad SMARTS) is 1. The second-order valence-corrected chi connectivity index (χ2v) is 4.93. The highest BCUT2D eigenvalue weighted by molar-refractivity contribution is 7.18. The standard InChI is InChI=1S/C11H13NO4S/c13-10(7-3-5-16-6-4-7)12-9-2-1-8(17-9)11(14)15/h1-2,7H,3-6H2,(H,12,13)(H,14,15). The van der Waals surface area contributed by atoms with Crippen LogP contribution in [0.3, 0.4) is 0 Å². The molecule has 6 heteroatoms. The Kier molecular flexibility index (Phi) is 3.75. The topological polar surface area (TPSA) is 75.6 Å². The Labute approximate surface area is 102 Å². The number of hydrogen-bond acceptors (Lipinski definition) is 4. The minimum atomic E-state index is -0.971. The van der Waals surface area contributed by atoms with Gasteiger partial charge in [0.05, 0.1) is 5.00 Å². The van der Waals surface area contributed by atoms with Crippen LogP contribution in [0.25, 0.3) is 0 Å². The fraction of sp³-hybridized carbons (Fsp3) is 0.455. The van der Waals surface area contributed by atoms with Crippen LogP contribution in [-0.4, -0.2) is 30.2 Å². The number of nitrogens with one attached hydrogen (secondary N) is 1. The number of rotatable bonds is 3. The zero-order valence-electron chi connectivity index (χ0n) is 9.14. The number of ether oxygens (including phenoxy) is 1. The number of thiophene rings is 1. The largest absolute Gasteiger partial charge is 0.477 e. The number of anilines is 1. The molecule has 2 N–H and O–H groups in total. The van der Waals surface area contributed by atoms with Crippen LogP contribution in [0.15, 0.2) is 12.1 Å². The zero-order valence-corrected chi connectivity index (χ0v) is 9.96. The molecule has 1 fully saturated rings. The summed E-state index contributed by atoms with van der Waals surface area (Å²) in [6.45, 7) is 1.23. The molecule has 1 aliphatic heterocycles. The van der Waals surface area contributed by atoms with Crippen LogP contribution in [0.4, 0.5) is 5.00 Å². The van der Waals surface area contributed by atoms with Crippen molar-refractivity contribution in [3.63, 3.8) is 0 Å². The highest BCUT2D eigenvalue weighted by atomic mass is 32.1. The number of carbonyl (C=O) groups is 2. The molecular formula is C11H13NO4S. The predicted octanol–water partition coefficient (Wildman–Crippen LogP) is 1.81. The van der Waals surface area contributed by atoms with Gasteiger partial charge in [-0.1, -0.05) is 0 Å². The third-order valence-corrected chi connectivity index (χ3v) is 3.64. The first kappa shape index (κ1) is 12.1. The first-order chi connectivity index (χ1) is 8.16. The van der Waals surface area contributed by atoms with E-state index in [1.165, 1.54) is 6.07 Å². The minimum Gasteiger partial charge on any atom is -0.477 e. The van der Waals surface area contributed by atoms with Crippen molar-refractivity contribution in [2.45, 2.75) is 12.8 Å². The molecule has 0 spiro atoms. The van der Waals surface area contributed by atoms with Gasteiger partial charge in [-0.2, -0.15) is 0 Å². The Bertz CT molecular complexity index is 423. The van der Waals surface area contributed by atoms with Crippen molar-refractivity contribution in [3.05, 3.63) is 17.0 Å². The van der Waals surface area contributed by atoms with E-state index in [-0.39, 0.29) is 16.7 Å².